The van der Waals surface area contributed by atoms with Crippen LogP contribution in [0.2, 0.25) is 0 Å². The highest BCUT2D eigenvalue weighted by Crippen LogP contribution is 2.24. The Morgan fingerprint density at radius 1 is 1.12 bits per heavy atom. The number of methoxy groups -OCH3 is 1. The molecule has 0 aliphatic rings. The van der Waals surface area contributed by atoms with E-state index in [1.54, 1.807) is 29.2 Å². The minimum Gasteiger partial charge on any atom is -0.495 e. The summed E-state index contributed by atoms with van der Waals surface area (Å²) in [5.74, 6) is -0.124. The first-order valence-corrected chi connectivity index (χ1v) is 12.4. The van der Waals surface area contributed by atoms with Gasteiger partial charge in [0, 0.05) is 11.1 Å². The van der Waals surface area contributed by atoms with Crippen LogP contribution in [0.15, 0.2) is 71.3 Å². The molecule has 2 heterocycles. The number of amides is 1. The third-order valence-corrected chi connectivity index (χ3v) is 6.33. The minimum atomic E-state index is -0.500. The SMILES string of the molecule is COc1ccccc1NC(=O)Cc1nc(COC(=O)c2cnc(SC)n2-c2ccccc2)cs1. The lowest BCUT2D eigenvalue weighted by atomic mass is 10.3. The summed E-state index contributed by atoms with van der Waals surface area (Å²) in [6, 6.07) is 16.7. The highest BCUT2D eigenvalue weighted by atomic mass is 32.2. The van der Waals surface area contributed by atoms with Crippen LogP contribution < -0.4 is 10.1 Å². The molecule has 0 aliphatic carbocycles. The number of carbonyl (C=O) groups is 2. The van der Waals surface area contributed by atoms with Crippen LogP contribution in [0, 0.1) is 0 Å². The van der Waals surface area contributed by atoms with Crippen LogP contribution >= 0.6 is 23.1 Å². The van der Waals surface area contributed by atoms with Crippen molar-refractivity contribution in [2.45, 2.75) is 18.2 Å². The molecule has 1 N–H and O–H groups in total. The first-order chi connectivity index (χ1) is 16.6. The van der Waals surface area contributed by atoms with Crippen molar-refractivity contribution in [2.24, 2.45) is 0 Å². The second-order valence-electron chi connectivity index (χ2n) is 7.04. The fourth-order valence-corrected chi connectivity index (χ4v) is 4.56. The molecule has 0 unspecified atom stereocenters. The number of imidazole rings is 1. The summed E-state index contributed by atoms with van der Waals surface area (Å²) in [4.78, 5) is 34.0. The van der Waals surface area contributed by atoms with Crippen molar-refractivity contribution in [1.82, 2.24) is 14.5 Å². The first kappa shape index (κ1) is 23.5. The van der Waals surface area contributed by atoms with Crippen LogP contribution in [0.5, 0.6) is 5.75 Å². The van der Waals surface area contributed by atoms with Crippen molar-refractivity contribution in [3.63, 3.8) is 0 Å². The third kappa shape index (κ3) is 5.46. The molecule has 0 spiro atoms. The molecular weight excluding hydrogens is 472 g/mol. The van der Waals surface area contributed by atoms with Gasteiger partial charge < -0.3 is 14.8 Å². The summed E-state index contributed by atoms with van der Waals surface area (Å²) in [7, 11) is 1.55. The summed E-state index contributed by atoms with van der Waals surface area (Å²) < 4.78 is 12.5. The molecule has 34 heavy (non-hydrogen) atoms. The Bertz CT molecular complexity index is 1290. The summed E-state index contributed by atoms with van der Waals surface area (Å²) in [6.45, 7) is -0.00195. The molecule has 0 saturated carbocycles. The number of para-hydroxylation sites is 3. The van der Waals surface area contributed by atoms with Crippen molar-refractivity contribution in [3.05, 3.63) is 82.6 Å². The maximum absolute atomic E-state index is 12.8. The predicted octanol–water partition coefficient (Wildman–Crippen LogP) is 4.60. The molecule has 0 fully saturated rings. The van der Waals surface area contributed by atoms with Crippen LogP contribution in [0.25, 0.3) is 5.69 Å². The van der Waals surface area contributed by atoms with Gasteiger partial charge in [-0.3, -0.25) is 9.36 Å². The molecule has 174 valence electrons. The lowest BCUT2D eigenvalue weighted by molar-refractivity contribution is -0.115. The number of rotatable bonds is 9. The molecule has 2 aromatic carbocycles. The number of benzene rings is 2. The van der Waals surface area contributed by atoms with Crippen LogP contribution in [-0.2, 0) is 22.6 Å². The van der Waals surface area contributed by atoms with E-state index in [0.717, 1.165) is 5.69 Å². The van der Waals surface area contributed by atoms with Crippen molar-refractivity contribution in [3.8, 4) is 11.4 Å². The van der Waals surface area contributed by atoms with Gasteiger partial charge >= 0.3 is 5.97 Å². The van der Waals surface area contributed by atoms with E-state index < -0.39 is 5.97 Å². The molecule has 8 nitrogen and oxygen atoms in total. The Morgan fingerprint density at radius 3 is 2.65 bits per heavy atom. The predicted molar refractivity (Wildman–Crippen MR) is 132 cm³/mol. The monoisotopic (exact) mass is 494 g/mol. The maximum atomic E-state index is 12.8. The lowest BCUT2D eigenvalue weighted by Crippen LogP contribution is -2.15. The van der Waals surface area contributed by atoms with Crippen LogP contribution in [-0.4, -0.2) is 39.8 Å². The number of nitrogens with one attached hydrogen (secondary N) is 1. The van der Waals surface area contributed by atoms with Gasteiger partial charge in [-0.15, -0.1) is 11.3 Å². The largest absolute Gasteiger partial charge is 0.495 e. The van der Waals surface area contributed by atoms with E-state index in [0.29, 0.717) is 33.0 Å². The van der Waals surface area contributed by atoms with E-state index in [-0.39, 0.29) is 18.9 Å². The molecule has 0 radical (unpaired) electrons. The van der Waals surface area contributed by atoms with Crippen molar-refractivity contribution in [1.29, 1.82) is 0 Å². The average Bonchev–Trinajstić information content (AvgIpc) is 3.50. The number of thioether (sulfide) groups is 1. The van der Waals surface area contributed by atoms with Gasteiger partial charge in [-0.05, 0) is 30.5 Å². The van der Waals surface area contributed by atoms with Gasteiger partial charge in [0.2, 0.25) is 5.91 Å². The van der Waals surface area contributed by atoms with E-state index in [4.69, 9.17) is 9.47 Å². The zero-order chi connectivity index (χ0) is 23.9. The number of ether oxygens (including phenoxy) is 2. The number of carbonyl (C=O) groups excluding carboxylic acids is 2. The number of nitrogens with zero attached hydrogens (tertiary/aromatic N) is 3. The summed E-state index contributed by atoms with van der Waals surface area (Å²) in [6.07, 6.45) is 3.52. The average molecular weight is 495 g/mol. The topological polar surface area (TPSA) is 95.3 Å². The van der Waals surface area contributed by atoms with Crippen LogP contribution in [0.3, 0.4) is 0 Å². The zero-order valence-electron chi connectivity index (χ0n) is 18.6. The van der Waals surface area contributed by atoms with Crippen LogP contribution in [0.1, 0.15) is 21.2 Å². The number of hydrogen-bond donors (Lipinski definition) is 1. The summed E-state index contributed by atoms with van der Waals surface area (Å²) in [5, 5.41) is 5.92. The Morgan fingerprint density at radius 2 is 1.88 bits per heavy atom. The Hall–Kier alpha value is -3.63. The zero-order valence-corrected chi connectivity index (χ0v) is 20.2. The molecule has 0 atom stereocenters. The second kappa shape index (κ2) is 11.0. The smallest absolute Gasteiger partial charge is 0.357 e. The number of hydrogen-bond acceptors (Lipinski definition) is 8. The van der Waals surface area contributed by atoms with Crippen molar-refractivity contribution < 1.29 is 19.1 Å². The highest BCUT2D eigenvalue weighted by Gasteiger charge is 2.19. The van der Waals surface area contributed by atoms with Crippen molar-refractivity contribution >= 4 is 40.7 Å². The Labute approximate surface area is 205 Å². The standard InChI is InChI=1S/C24H22N4O4S2/c1-31-20-11-7-6-10-18(20)27-21(29)12-22-26-16(15-34-22)14-32-23(30)19-13-25-24(33-2)28(19)17-8-4-3-5-9-17/h3-11,13,15H,12,14H2,1-2H3,(H,27,29). The number of thiazole rings is 1. The van der Waals surface area contributed by atoms with Gasteiger partial charge in [0.1, 0.15) is 17.4 Å². The van der Waals surface area contributed by atoms with E-state index in [9.17, 15) is 9.59 Å². The molecule has 10 heteroatoms. The number of esters is 1. The quantitative estimate of drug-likeness (QED) is 0.268. The molecule has 4 aromatic rings. The second-order valence-corrected chi connectivity index (χ2v) is 8.75. The third-order valence-electron chi connectivity index (χ3n) is 4.78. The minimum absolute atomic E-state index is 0.00195. The molecule has 2 aromatic heterocycles. The van der Waals surface area contributed by atoms with Gasteiger partial charge in [-0.1, -0.05) is 42.1 Å². The molecule has 0 bridgehead atoms. The van der Waals surface area contributed by atoms with Gasteiger partial charge in [0.05, 0.1) is 31.1 Å². The van der Waals surface area contributed by atoms with Gasteiger partial charge in [0.25, 0.3) is 0 Å². The van der Waals surface area contributed by atoms with Gasteiger partial charge in [-0.25, -0.2) is 14.8 Å². The summed E-state index contributed by atoms with van der Waals surface area (Å²) >= 11 is 2.78. The van der Waals surface area contributed by atoms with Crippen molar-refractivity contribution in [2.75, 3.05) is 18.7 Å². The Kier molecular flexibility index (Phi) is 7.61. The molecular formula is C24H22N4O4S2. The van der Waals surface area contributed by atoms with E-state index in [1.807, 2.05) is 48.7 Å². The molecule has 1 amide bonds. The lowest BCUT2D eigenvalue weighted by Gasteiger charge is -2.10. The fourth-order valence-electron chi connectivity index (χ4n) is 3.24. The van der Waals surface area contributed by atoms with Gasteiger partial charge in [0.15, 0.2) is 10.9 Å². The first-order valence-electron chi connectivity index (χ1n) is 10.3. The molecule has 4 rings (SSSR count). The van der Waals surface area contributed by atoms with Crippen LogP contribution in [0.4, 0.5) is 5.69 Å². The maximum Gasteiger partial charge on any atom is 0.357 e. The number of anilines is 1. The summed E-state index contributed by atoms with van der Waals surface area (Å²) in [5.41, 5.74) is 2.34. The molecule has 0 saturated heterocycles. The van der Waals surface area contributed by atoms with Gasteiger partial charge in [-0.2, -0.15) is 0 Å². The molecule has 0 aliphatic heterocycles. The van der Waals surface area contributed by atoms with E-state index >= 15 is 0 Å². The fraction of sp³-hybridized carbons (Fsp3) is 0.167. The number of aromatic nitrogens is 3. The highest BCUT2D eigenvalue weighted by molar-refractivity contribution is 7.98. The van der Waals surface area contributed by atoms with E-state index in [2.05, 4.69) is 15.3 Å². The Balaban J connectivity index is 1.38. The normalized spacial score (nSPS) is 10.6. The van der Waals surface area contributed by atoms with E-state index in [1.165, 1.54) is 29.3 Å².